The molecule has 2 aliphatic carbocycles. The molecular weight excluding hydrogens is 1040 g/mol. The highest BCUT2D eigenvalue weighted by atomic mass is 16.8. The number of aliphatic hydroxyl groups excluding tert-OH is 16. The number of carbonyl (C=O) groups is 5. The van der Waals surface area contributed by atoms with Crippen LogP contribution >= 0.6 is 0 Å². The highest BCUT2D eigenvalue weighted by Gasteiger charge is 2.61. The number of ketones is 5. The molecule has 2 aromatic rings. The molecule has 0 spiro atoms. The molecule has 77 heavy (non-hydrogen) atoms. The first kappa shape index (κ1) is 59.7. The molecule has 4 aliphatic rings. The Balaban J connectivity index is 1.71. The SMILES string of the molecule is O=C(/C=C/c1ccc(O)cc1)C1=C(O)C(O)(O[C@@H]2O[C@H](CO)[C@@H](O)[C@H](O)[C@H]2O)C(=O)/C(=C(\C2=C(O)C(O)(O[C@@H]3O[C@H](CO)[C@@H](O)[C@H](O)[C@H]3O)C(O)=C(C(=O)/C=C/c3ccc(O)cc3)C2=O)[C@H](O)[C@@H](O)[C@H](O)[C@H](O)CO)C1=O. The highest BCUT2D eigenvalue weighted by molar-refractivity contribution is 6.42. The fourth-order valence-corrected chi connectivity index (χ4v) is 8.21. The van der Waals surface area contributed by atoms with Gasteiger partial charge in [-0.2, -0.15) is 0 Å². The van der Waals surface area contributed by atoms with Gasteiger partial charge in [0.1, 0.15) is 95.9 Å². The Labute approximate surface area is 431 Å². The smallest absolute Gasteiger partial charge is 0.294 e. The maximum absolute atomic E-state index is 15.1. The molecule has 2 aromatic carbocycles. The summed E-state index contributed by atoms with van der Waals surface area (Å²) in [7, 11) is 0. The van der Waals surface area contributed by atoms with E-state index < -0.39 is 191 Å². The standard InChI is InChI=1S/C48H52O29/c49-13-22(56)30(57)36(63)35(62)27(28-33(60)25(20(54)11-5-16-1-7-18(52)8-2-16)41(68)47(72,43(28)70)76-45-39(66)37(64)31(58)23(14-50)74-45)29-34(61)26(21(55)12-6-17-3-9-19(53)10-4-17)42(69)48(73,44(29)71)77-46-40(67)38(65)32(59)24(15-51)75-46/h1-12,22-24,30-32,35-40,45-46,49-53,56-59,62-70,72-73H,13-15H2/b11-5+,12-6+,29-27+/t22-,23-,24-,30-,31-,32-,35+,36+,37+,38+,39-,40-,45+,46+,47?,48?/m1/s1. The van der Waals surface area contributed by atoms with E-state index in [1.54, 1.807) is 0 Å². The number of Topliss-reactive ketones (excluding diaryl/α,β-unsaturated/α-hetero) is 3. The predicted molar refractivity (Wildman–Crippen MR) is 246 cm³/mol. The minimum Gasteiger partial charge on any atom is -0.508 e. The van der Waals surface area contributed by atoms with Gasteiger partial charge >= 0.3 is 0 Å². The van der Waals surface area contributed by atoms with Crippen molar-refractivity contribution in [3.05, 3.63) is 117 Å². The average molecular weight is 1090 g/mol. The van der Waals surface area contributed by atoms with Gasteiger partial charge in [-0.05, 0) is 47.5 Å². The van der Waals surface area contributed by atoms with Gasteiger partial charge in [0.25, 0.3) is 11.6 Å². The van der Waals surface area contributed by atoms with Crippen molar-refractivity contribution in [3.63, 3.8) is 0 Å². The molecule has 2 fully saturated rings. The fourth-order valence-electron chi connectivity index (χ4n) is 8.21. The summed E-state index contributed by atoms with van der Waals surface area (Å²) < 4.78 is 20.9. The summed E-state index contributed by atoms with van der Waals surface area (Å²) in [4.78, 5) is 73.5. The summed E-state index contributed by atoms with van der Waals surface area (Å²) in [6, 6.07) is 9.19. The number of phenolic OH excluding ortho intramolecular Hbond substituents is 2. The van der Waals surface area contributed by atoms with Crippen LogP contribution in [0.2, 0.25) is 0 Å². The van der Waals surface area contributed by atoms with E-state index in [-0.39, 0.29) is 22.6 Å². The van der Waals surface area contributed by atoms with Crippen molar-refractivity contribution >= 4 is 41.1 Å². The Morgan fingerprint density at radius 3 is 1.35 bits per heavy atom. The van der Waals surface area contributed by atoms with Crippen LogP contribution in [0.4, 0.5) is 0 Å². The quantitative estimate of drug-likeness (QED) is 0.0375. The zero-order valence-corrected chi connectivity index (χ0v) is 39.3. The normalized spacial score (nSPS) is 32.7. The lowest BCUT2D eigenvalue weighted by Crippen LogP contribution is -2.63. The van der Waals surface area contributed by atoms with Crippen LogP contribution in [0.25, 0.3) is 12.2 Å². The molecule has 16 atom stereocenters. The number of aliphatic hydroxyl groups is 18. The lowest BCUT2D eigenvalue weighted by Gasteiger charge is -2.44. The first-order valence-electron chi connectivity index (χ1n) is 22.6. The first-order valence-corrected chi connectivity index (χ1v) is 22.6. The van der Waals surface area contributed by atoms with Crippen molar-refractivity contribution in [1.82, 2.24) is 0 Å². The third-order valence-corrected chi connectivity index (χ3v) is 12.6. The summed E-state index contributed by atoms with van der Waals surface area (Å²) in [5.41, 5.74) is -10.0. The minimum absolute atomic E-state index is 0.0413. The van der Waals surface area contributed by atoms with Crippen LogP contribution in [0.15, 0.2) is 106 Å². The molecule has 20 N–H and O–H groups in total. The van der Waals surface area contributed by atoms with E-state index in [0.29, 0.717) is 12.2 Å². The van der Waals surface area contributed by atoms with Gasteiger partial charge in [-0.3, -0.25) is 24.0 Å². The molecule has 2 heterocycles. The molecule has 418 valence electrons. The summed E-state index contributed by atoms with van der Waals surface area (Å²) >= 11 is 0. The van der Waals surface area contributed by atoms with Crippen molar-refractivity contribution in [3.8, 4) is 11.5 Å². The molecule has 0 bridgehead atoms. The minimum atomic E-state index is -4.49. The number of hydrogen-bond acceptors (Lipinski definition) is 29. The second-order valence-corrected chi connectivity index (χ2v) is 17.6. The van der Waals surface area contributed by atoms with Crippen LogP contribution in [0.5, 0.6) is 11.5 Å². The zero-order valence-electron chi connectivity index (χ0n) is 39.3. The van der Waals surface area contributed by atoms with E-state index in [1.165, 1.54) is 24.3 Å². The molecule has 0 saturated carbocycles. The van der Waals surface area contributed by atoms with Crippen LogP contribution in [0, 0.1) is 0 Å². The van der Waals surface area contributed by atoms with E-state index in [2.05, 4.69) is 0 Å². The van der Waals surface area contributed by atoms with Crippen LogP contribution < -0.4 is 0 Å². The van der Waals surface area contributed by atoms with Crippen molar-refractivity contribution in [1.29, 1.82) is 0 Å². The van der Waals surface area contributed by atoms with Gasteiger partial charge < -0.3 is 121 Å². The van der Waals surface area contributed by atoms with Gasteiger partial charge in [-0.1, -0.05) is 36.4 Å². The molecule has 0 amide bonds. The van der Waals surface area contributed by atoms with E-state index in [9.17, 15) is 112 Å². The number of allylic oxidation sites excluding steroid dienone is 4. The lowest BCUT2D eigenvalue weighted by atomic mass is 9.74. The number of aromatic hydroxyl groups is 2. The Morgan fingerprint density at radius 2 is 0.935 bits per heavy atom. The number of rotatable bonds is 18. The molecule has 6 rings (SSSR count). The van der Waals surface area contributed by atoms with Crippen LogP contribution in [-0.4, -0.2) is 248 Å². The third-order valence-electron chi connectivity index (χ3n) is 12.6. The first-order chi connectivity index (χ1) is 36.1. The largest absolute Gasteiger partial charge is 0.508 e. The Morgan fingerprint density at radius 1 is 0.545 bits per heavy atom. The number of ether oxygens (including phenoxy) is 4. The molecule has 29 heteroatoms. The van der Waals surface area contributed by atoms with E-state index in [4.69, 9.17) is 18.9 Å². The third kappa shape index (κ3) is 11.3. The maximum atomic E-state index is 15.1. The molecule has 2 unspecified atom stereocenters. The zero-order chi connectivity index (χ0) is 57.3. The van der Waals surface area contributed by atoms with E-state index >= 15 is 14.4 Å². The van der Waals surface area contributed by atoms with Crippen molar-refractivity contribution in [2.24, 2.45) is 0 Å². The highest BCUT2D eigenvalue weighted by Crippen LogP contribution is 2.45. The van der Waals surface area contributed by atoms with Gasteiger partial charge in [0.2, 0.25) is 17.3 Å². The number of phenols is 2. The number of hydrogen-bond donors (Lipinski definition) is 20. The lowest BCUT2D eigenvalue weighted by molar-refractivity contribution is -0.353. The second kappa shape index (κ2) is 23.6. The van der Waals surface area contributed by atoms with Crippen LogP contribution in [0.1, 0.15) is 11.1 Å². The second-order valence-electron chi connectivity index (χ2n) is 17.6. The average Bonchev–Trinajstić information content (AvgIpc) is 3.50. The molecular formula is C48H52O29. The molecule has 2 saturated heterocycles. The molecule has 2 aliphatic heterocycles. The van der Waals surface area contributed by atoms with Crippen LogP contribution in [0.3, 0.4) is 0 Å². The number of benzene rings is 2. The van der Waals surface area contributed by atoms with Crippen molar-refractivity contribution in [2.45, 2.75) is 97.4 Å². The Kier molecular flexibility index (Phi) is 18.3. The number of carbonyl (C=O) groups excluding carboxylic acids is 5. The van der Waals surface area contributed by atoms with Crippen LogP contribution in [-0.2, 0) is 42.9 Å². The van der Waals surface area contributed by atoms with Gasteiger partial charge in [0.05, 0.1) is 31.0 Å². The van der Waals surface area contributed by atoms with E-state index in [1.807, 2.05) is 0 Å². The summed E-state index contributed by atoms with van der Waals surface area (Å²) in [6.07, 6.45) is -33.4. The predicted octanol–water partition coefficient (Wildman–Crippen LogP) is -7.12. The summed E-state index contributed by atoms with van der Waals surface area (Å²) in [5.74, 6) is -26.8. The Bertz CT molecular complexity index is 2790. The molecule has 0 aromatic heterocycles. The van der Waals surface area contributed by atoms with E-state index in [0.717, 1.165) is 36.4 Å². The van der Waals surface area contributed by atoms with Gasteiger partial charge in [-0.25, -0.2) is 0 Å². The monoisotopic (exact) mass is 1090 g/mol. The maximum Gasteiger partial charge on any atom is 0.294 e. The van der Waals surface area contributed by atoms with Crippen molar-refractivity contribution < 1.29 is 145 Å². The van der Waals surface area contributed by atoms with Gasteiger partial charge in [0.15, 0.2) is 41.4 Å². The molecule has 0 radical (unpaired) electrons. The topological polar surface area (TPSA) is 527 Å². The molecule has 29 nitrogen and oxygen atoms in total. The van der Waals surface area contributed by atoms with Gasteiger partial charge in [0, 0.05) is 5.57 Å². The van der Waals surface area contributed by atoms with Gasteiger partial charge in [-0.15, -0.1) is 0 Å². The summed E-state index contributed by atoms with van der Waals surface area (Å²) in [5, 5.41) is 218. The van der Waals surface area contributed by atoms with Crippen molar-refractivity contribution in [2.75, 3.05) is 19.8 Å². The fraction of sp³-hybridized carbons (Fsp3) is 0.396. The summed E-state index contributed by atoms with van der Waals surface area (Å²) in [6.45, 7) is -3.92. The Hall–Kier alpha value is -6.53.